The maximum Gasteiger partial charge on any atom is 0.319 e. The van der Waals surface area contributed by atoms with Gasteiger partial charge in [0, 0.05) is 13.1 Å². The van der Waals surface area contributed by atoms with Gasteiger partial charge in [0.1, 0.15) is 5.41 Å². The van der Waals surface area contributed by atoms with Crippen molar-refractivity contribution in [2.24, 2.45) is 5.41 Å². The van der Waals surface area contributed by atoms with Gasteiger partial charge in [-0.2, -0.15) is 0 Å². The van der Waals surface area contributed by atoms with Gasteiger partial charge in [-0.25, -0.2) is 0 Å². The largest absolute Gasteiger partial charge is 0.480 e. The Morgan fingerprint density at radius 1 is 1.27 bits per heavy atom. The number of hydrogen-bond donors (Lipinski definition) is 1. The summed E-state index contributed by atoms with van der Waals surface area (Å²) in [6, 6.07) is 0. The SMILES string of the molecule is C=CCN(CC=C)C(=O)C1(C(=O)O)CC1. The summed E-state index contributed by atoms with van der Waals surface area (Å²) in [7, 11) is 0. The molecule has 1 rings (SSSR count). The molecular formula is C11H15NO3. The van der Waals surface area contributed by atoms with Crippen molar-refractivity contribution >= 4 is 11.9 Å². The third-order valence-electron chi connectivity index (χ3n) is 2.55. The second-order valence-electron chi connectivity index (χ2n) is 3.67. The number of aliphatic carboxylic acids is 1. The molecule has 0 saturated heterocycles. The lowest BCUT2D eigenvalue weighted by molar-refractivity contribution is -0.152. The molecule has 0 unspecified atom stereocenters. The standard InChI is InChI=1S/C11H15NO3/c1-3-7-12(8-4-2)9(13)11(5-6-11)10(14)15/h3-4H,1-2,5-8H2,(H,14,15). The molecule has 4 heteroatoms. The number of rotatable bonds is 6. The molecule has 0 atom stereocenters. The average molecular weight is 209 g/mol. The molecule has 82 valence electrons. The van der Waals surface area contributed by atoms with Crippen molar-refractivity contribution in [3.63, 3.8) is 0 Å². The van der Waals surface area contributed by atoms with Gasteiger partial charge in [0.25, 0.3) is 0 Å². The highest BCUT2D eigenvalue weighted by Gasteiger charge is 2.58. The molecule has 0 aromatic rings. The van der Waals surface area contributed by atoms with Crippen molar-refractivity contribution in [1.29, 1.82) is 0 Å². The molecule has 0 aliphatic heterocycles. The van der Waals surface area contributed by atoms with Crippen LogP contribution in [0.5, 0.6) is 0 Å². The molecule has 1 aliphatic carbocycles. The van der Waals surface area contributed by atoms with Crippen LogP contribution in [0.1, 0.15) is 12.8 Å². The molecule has 0 aromatic carbocycles. The summed E-state index contributed by atoms with van der Waals surface area (Å²) in [6.45, 7) is 7.80. The molecular weight excluding hydrogens is 194 g/mol. The maximum atomic E-state index is 11.9. The van der Waals surface area contributed by atoms with E-state index in [1.807, 2.05) is 0 Å². The topological polar surface area (TPSA) is 57.6 Å². The zero-order valence-corrected chi connectivity index (χ0v) is 8.61. The lowest BCUT2D eigenvalue weighted by Crippen LogP contribution is -2.41. The second-order valence-corrected chi connectivity index (χ2v) is 3.67. The zero-order chi connectivity index (χ0) is 11.5. The summed E-state index contributed by atoms with van der Waals surface area (Å²) in [5.41, 5.74) is -1.16. The lowest BCUT2D eigenvalue weighted by atomic mass is 10.1. The molecule has 1 aliphatic rings. The van der Waals surface area contributed by atoms with Gasteiger partial charge in [-0.3, -0.25) is 9.59 Å². The predicted molar refractivity (Wildman–Crippen MR) is 56.3 cm³/mol. The van der Waals surface area contributed by atoms with Gasteiger partial charge < -0.3 is 10.0 Å². The molecule has 1 saturated carbocycles. The van der Waals surface area contributed by atoms with Gasteiger partial charge in [0.2, 0.25) is 5.91 Å². The van der Waals surface area contributed by atoms with Crippen molar-refractivity contribution in [2.75, 3.05) is 13.1 Å². The van der Waals surface area contributed by atoms with Gasteiger partial charge in [-0.1, -0.05) is 12.2 Å². The van der Waals surface area contributed by atoms with E-state index in [1.54, 1.807) is 12.2 Å². The van der Waals surface area contributed by atoms with Gasteiger partial charge in [0.05, 0.1) is 0 Å². The van der Waals surface area contributed by atoms with E-state index >= 15 is 0 Å². The van der Waals surface area contributed by atoms with Gasteiger partial charge in [0.15, 0.2) is 0 Å². The van der Waals surface area contributed by atoms with Crippen LogP contribution in [0.15, 0.2) is 25.3 Å². The summed E-state index contributed by atoms with van der Waals surface area (Å²) < 4.78 is 0. The van der Waals surface area contributed by atoms with Crippen LogP contribution in [0.3, 0.4) is 0 Å². The average Bonchev–Trinajstić information content (AvgIpc) is 2.97. The van der Waals surface area contributed by atoms with Crippen LogP contribution < -0.4 is 0 Å². The highest BCUT2D eigenvalue weighted by molar-refractivity contribution is 6.04. The van der Waals surface area contributed by atoms with E-state index in [4.69, 9.17) is 5.11 Å². The quantitative estimate of drug-likeness (QED) is 0.525. The van der Waals surface area contributed by atoms with E-state index < -0.39 is 11.4 Å². The first-order valence-electron chi connectivity index (χ1n) is 4.83. The van der Waals surface area contributed by atoms with Crippen LogP contribution >= 0.6 is 0 Å². The van der Waals surface area contributed by atoms with Crippen molar-refractivity contribution in [3.05, 3.63) is 25.3 Å². The van der Waals surface area contributed by atoms with Crippen LogP contribution in [-0.4, -0.2) is 35.0 Å². The molecule has 0 aromatic heterocycles. The minimum absolute atomic E-state index is 0.324. The van der Waals surface area contributed by atoms with E-state index in [-0.39, 0.29) is 5.91 Å². The third kappa shape index (κ3) is 2.09. The minimum atomic E-state index is -1.16. The summed E-state index contributed by atoms with van der Waals surface area (Å²) in [4.78, 5) is 24.3. The Kier molecular flexibility index (Phi) is 3.29. The van der Waals surface area contributed by atoms with Gasteiger partial charge >= 0.3 is 5.97 Å². The van der Waals surface area contributed by atoms with E-state index in [0.29, 0.717) is 25.9 Å². The number of carboxylic acid groups (broad SMARTS) is 1. The highest BCUT2D eigenvalue weighted by atomic mass is 16.4. The Morgan fingerprint density at radius 2 is 1.73 bits per heavy atom. The summed E-state index contributed by atoms with van der Waals surface area (Å²) in [6.07, 6.45) is 4.04. The monoisotopic (exact) mass is 209 g/mol. The zero-order valence-electron chi connectivity index (χ0n) is 8.61. The second kappa shape index (κ2) is 4.29. The Morgan fingerprint density at radius 3 is 2.00 bits per heavy atom. The molecule has 4 nitrogen and oxygen atoms in total. The van der Waals surface area contributed by atoms with Crippen molar-refractivity contribution < 1.29 is 14.7 Å². The number of carbonyl (C=O) groups excluding carboxylic acids is 1. The van der Waals surface area contributed by atoms with E-state index in [9.17, 15) is 9.59 Å². The Labute approximate surface area is 88.9 Å². The van der Waals surface area contributed by atoms with E-state index in [1.165, 1.54) is 4.90 Å². The Bertz CT molecular complexity index is 295. The Hall–Kier alpha value is -1.58. The number of carbonyl (C=O) groups is 2. The fourth-order valence-electron chi connectivity index (χ4n) is 1.50. The molecule has 15 heavy (non-hydrogen) atoms. The number of amides is 1. The third-order valence-corrected chi connectivity index (χ3v) is 2.55. The predicted octanol–water partition coefficient (Wildman–Crippen LogP) is 1.05. The van der Waals surface area contributed by atoms with E-state index in [0.717, 1.165) is 0 Å². The number of nitrogens with zero attached hydrogens (tertiary/aromatic N) is 1. The van der Waals surface area contributed by atoms with Crippen molar-refractivity contribution in [2.45, 2.75) is 12.8 Å². The molecule has 1 amide bonds. The van der Waals surface area contributed by atoms with Crippen LogP contribution in [-0.2, 0) is 9.59 Å². The van der Waals surface area contributed by atoms with Crippen LogP contribution in [0.2, 0.25) is 0 Å². The molecule has 1 N–H and O–H groups in total. The normalized spacial score (nSPS) is 16.5. The van der Waals surface area contributed by atoms with Crippen molar-refractivity contribution in [1.82, 2.24) is 4.90 Å². The van der Waals surface area contributed by atoms with Crippen LogP contribution in [0.4, 0.5) is 0 Å². The molecule has 0 bridgehead atoms. The maximum absolute atomic E-state index is 11.9. The van der Waals surface area contributed by atoms with Crippen LogP contribution in [0.25, 0.3) is 0 Å². The number of hydrogen-bond acceptors (Lipinski definition) is 2. The fraction of sp³-hybridized carbons (Fsp3) is 0.455. The summed E-state index contributed by atoms with van der Waals surface area (Å²) in [5, 5.41) is 8.96. The van der Waals surface area contributed by atoms with Gasteiger partial charge in [-0.15, -0.1) is 13.2 Å². The highest BCUT2D eigenvalue weighted by Crippen LogP contribution is 2.47. The smallest absolute Gasteiger partial charge is 0.319 e. The Balaban J connectivity index is 2.75. The first-order chi connectivity index (χ1) is 7.08. The van der Waals surface area contributed by atoms with E-state index in [2.05, 4.69) is 13.2 Å². The first-order valence-corrected chi connectivity index (χ1v) is 4.83. The molecule has 1 fully saturated rings. The van der Waals surface area contributed by atoms with Crippen molar-refractivity contribution in [3.8, 4) is 0 Å². The fourth-order valence-corrected chi connectivity index (χ4v) is 1.50. The number of carboxylic acids is 1. The summed E-state index contributed by atoms with van der Waals surface area (Å²) >= 11 is 0. The first kappa shape index (κ1) is 11.5. The van der Waals surface area contributed by atoms with Gasteiger partial charge in [-0.05, 0) is 12.8 Å². The van der Waals surface area contributed by atoms with Crippen LogP contribution in [0, 0.1) is 5.41 Å². The minimum Gasteiger partial charge on any atom is -0.480 e. The lowest BCUT2D eigenvalue weighted by Gasteiger charge is -2.22. The molecule has 0 spiro atoms. The summed E-state index contributed by atoms with van der Waals surface area (Å²) in [5.74, 6) is -1.35. The molecule has 0 heterocycles. The molecule has 0 radical (unpaired) electrons.